The number of hydrogen-bond donors (Lipinski definition) is 2. The summed E-state index contributed by atoms with van der Waals surface area (Å²) in [6.07, 6.45) is 1.81. The first-order valence-electron chi connectivity index (χ1n) is 6.61. The summed E-state index contributed by atoms with van der Waals surface area (Å²) in [7, 11) is -3.32. The zero-order valence-electron chi connectivity index (χ0n) is 11.4. The van der Waals surface area contributed by atoms with Gasteiger partial charge >= 0.3 is 0 Å². The van der Waals surface area contributed by atoms with Crippen LogP contribution in [0.2, 0.25) is 0 Å². The first kappa shape index (κ1) is 14.2. The van der Waals surface area contributed by atoms with Gasteiger partial charge in [-0.3, -0.25) is 5.10 Å². The van der Waals surface area contributed by atoms with Crippen LogP contribution in [0.25, 0.3) is 0 Å². The van der Waals surface area contributed by atoms with Gasteiger partial charge in [0.15, 0.2) is 9.84 Å². The summed E-state index contributed by atoms with van der Waals surface area (Å²) in [6, 6.07) is 3.43. The van der Waals surface area contributed by atoms with Crippen molar-refractivity contribution in [3.05, 3.63) is 41.7 Å². The van der Waals surface area contributed by atoms with Crippen LogP contribution in [-0.2, 0) is 9.84 Å². The largest absolute Gasteiger partial charge is 0.301 e. The third kappa shape index (κ3) is 2.68. The lowest BCUT2D eigenvalue weighted by Crippen LogP contribution is -2.32. The average Bonchev–Trinajstić information content (AvgIpc) is 2.96. The SMILES string of the molecule is CC(NC1CCS(=O)(=O)c2ccc(F)cc21)c1ncn[nH]1. The molecular weight excluding hydrogens is 295 g/mol. The van der Waals surface area contributed by atoms with Crippen LogP contribution in [0.5, 0.6) is 0 Å². The Bertz CT molecular complexity index is 746. The molecule has 0 aliphatic carbocycles. The lowest BCUT2D eigenvalue weighted by Gasteiger charge is -2.28. The number of fused-ring (bicyclic) bond motifs is 1. The molecule has 0 saturated carbocycles. The number of nitrogens with zero attached hydrogens (tertiary/aromatic N) is 2. The van der Waals surface area contributed by atoms with E-state index in [1.165, 1.54) is 24.5 Å². The van der Waals surface area contributed by atoms with Crippen molar-refractivity contribution in [3.8, 4) is 0 Å². The lowest BCUT2D eigenvalue weighted by atomic mass is 10.0. The van der Waals surface area contributed by atoms with Crippen molar-refractivity contribution in [2.24, 2.45) is 0 Å². The maximum atomic E-state index is 13.5. The molecule has 0 amide bonds. The zero-order valence-corrected chi connectivity index (χ0v) is 12.2. The summed E-state index contributed by atoms with van der Waals surface area (Å²) >= 11 is 0. The molecule has 2 N–H and O–H groups in total. The number of halogens is 1. The first-order valence-corrected chi connectivity index (χ1v) is 8.26. The number of aromatic amines is 1. The van der Waals surface area contributed by atoms with E-state index in [0.717, 1.165) is 0 Å². The molecule has 112 valence electrons. The topological polar surface area (TPSA) is 87.7 Å². The number of rotatable bonds is 3. The molecule has 2 heterocycles. The molecular formula is C13H15FN4O2S. The van der Waals surface area contributed by atoms with Gasteiger partial charge in [0.2, 0.25) is 0 Å². The molecule has 0 fully saturated rings. The van der Waals surface area contributed by atoms with Gasteiger partial charge in [-0.25, -0.2) is 17.8 Å². The van der Waals surface area contributed by atoms with Crippen molar-refractivity contribution in [2.75, 3.05) is 5.75 Å². The molecule has 1 aliphatic heterocycles. The molecule has 1 aromatic carbocycles. The minimum atomic E-state index is -3.32. The van der Waals surface area contributed by atoms with Crippen LogP contribution in [0.15, 0.2) is 29.4 Å². The van der Waals surface area contributed by atoms with E-state index in [1.54, 1.807) is 0 Å². The van der Waals surface area contributed by atoms with Crippen LogP contribution in [0, 0.1) is 5.82 Å². The Morgan fingerprint density at radius 3 is 3.00 bits per heavy atom. The number of hydrogen-bond acceptors (Lipinski definition) is 5. The molecule has 0 spiro atoms. The number of nitrogens with one attached hydrogen (secondary N) is 2. The molecule has 21 heavy (non-hydrogen) atoms. The van der Waals surface area contributed by atoms with Gasteiger partial charge in [0, 0.05) is 6.04 Å². The monoisotopic (exact) mass is 310 g/mol. The van der Waals surface area contributed by atoms with Gasteiger partial charge in [0.1, 0.15) is 18.0 Å². The Labute approximate surface area is 121 Å². The predicted molar refractivity (Wildman–Crippen MR) is 73.7 cm³/mol. The maximum absolute atomic E-state index is 13.5. The standard InChI is InChI=1S/C13H15FN4O2S/c1-8(13-15-7-16-18-13)17-11-4-5-21(19,20)12-3-2-9(14)6-10(11)12/h2-3,6-8,11,17H,4-5H2,1H3,(H,15,16,18). The zero-order chi connectivity index (χ0) is 15.0. The fourth-order valence-corrected chi connectivity index (χ4v) is 4.19. The fraction of sp³-hybridized carbons (Fsp3) is 0.385. The van der Waals surface area contributed by atoms with Gasteiger partial charge in [-0.1, -0.05) is 0 Å². The second-order valence-corrected chi connectivity index (χ2v) is 7.18. The number of sulfone groups is 1. The summed E-state index contributed by atoms with van der Waals surface area (Å²) < 4.78 is 37.6. The molecule has 6 nitrogen and oxygen atoms in total. The highest BCUT2D eigenvalue weighted by atomic mass is 32.2. The summed E-state index contributed by atoms with van der Waals surface area (Å²) in [5.74, 6) is 0.262. The highest BCUT2D eigenvalue weighted by Gasteiger charge is 2.31. The van der Waals surface area contributed by atoms with E-state index in [2.05, 4.69) is 20.5 Å². The normalized spacial score (nSPS) is 21.7. The van der Waals surface area contributed by atoms with E-state index in [1.807, 2.05) is 6.92 Å². The fourth-order valence-electron chi connectivity index (χ4n) is 2.59. The molecule has 2 aromatic rings. The van der Waals surface area contributed by atoms with E-state index in [0.29, 0.717) is 17.8 Å². The smallest absolute Gasteiger partial charge is 0.178 e. The van der Waals surface area contributed by atoms with E-state index in [-0.39, 0.29) is 22.7 Å². The van der Waals surface area contributed by atoms with E-state index in [9.17, 15) is 12.8 Å². The molecule has 8 heteroatoms. The third-order valence-corrected chi connectivity index (χ3v) is 5.47. The number of H-pyrrole nitrogens is 1. The summed E-state index contributed by atoms with van der Waals surface area (Å²) in [6.45, 7) is 1.89. The second-order valence-electron chi connectivity index (χ2n) is 5.10. The van der Waals surface area contributed by atoms with E-state index < -0.39 is 15.7 Å². The quantitative estimate of drug-likeness (QED) is 0.839. The molecule has 0 bridgehead atoms. The third-order valence-electron chi connectivity index (χ3n) is 3.65. The lowest BCUT2D eigenvalue weighted by molar-refractivity contribution is 0.428. The van der Waals surface area contributed by atoms with Crippen LogP contribution in [0.3, 0.4) is 0 Å². The van der Waals surface area contributed by atoms with Gasteiger partial charge in [0.05, 0.1) is 16.7 Å². The van der Waals surface area contributed by atoms with Crippen LogP contribution in [0.1, 0.15) is 36.8 Å². The van der Waals surface area contributed by atoms with Crippen molar-refractivity contribution in [3.63, 3.8) is 0 Å². The molecule has 3 rings (SSSR count). The Kier molecular flexibility index (Phi) is 3.50. The predicted octanol–water partition coefficient (Wildman–Crippen LogP) is 1.51. The van der Waals surface area contributed by atoms with Gasteiger partial charge in [-0.2, -0.15) is 5.10 Å². The van der Waals surface area contributed by atoms with Crippen LogP contribution in [-0.4, -0.2) is 29.4 Å². The minimum Gasteiger partial charge on any atom is -0.301 e. The summed E-state index contributed by atoms with van der Waals surface area (Å²) in [5.41, 5.74) is 0.479. The van der Waals surface area contributed by atoms with Crippen molar-refractivity contribution in [2.45, 2.75) is 30.3 Å². The van der Waals surface area contributed by atoms with Gasteiger partial charge in [0.25, 0.3) is 0 Å². The van der Waals surface area contributed by atoms with Crippen molar-refractivity contribution < 1.29 is 12.8 Å². The van der Waals surface area contributed by atoms with Crippen molar-refractivity contribution in [1.29, 1.82) is 0 Å². The number of benzene rings is 1. The highest BCUT2D eigenvalue weighted by molar-refractivity contribution is 7.91. The van der Waals surface area contributed by atoms with Crippen LogP contribution < -0.4 is 5.32 Å². The summed E-state index contributed by atoms with van der Waals surface area (Å²) in [4.78, 5) is 4.27. The van der Waals surface area contributed by atoms with E-state index in [4.69, 9.17) is 0 Å². The van der Waals surface area contributed by atoms with Gasteiger partial charge < -0.3 is 5.32 Å². The minimum absolute atomic E-state index is 0.0480. The first-order chi connectivity index (χ1) is 9.97. The van der Waals surface area contributed by atoms with Gasteiger partial charge in [-0.15, -0.1) is 0 Å². The molecule has 1 aliphatic rings. The average molecular weight is 310 g/mol. The highest BCUT2D eigenvalue weighted by Crippen LogP contribution is 2.33. The van der Waals surface area contributed by atoms with Crippen LogP contribution >= 0.6 is 0 Å². The van der Waals surface area contributed by atoms with Crippen molar-refractivity contribution >= 4 is 9.84 Å². The Morgan fingerprint density at radius 1 is 1.48 bits per heavy atom. The van der Waals surface area contributed by atoms with Crippen molar-refractivity contribution in [1.82, 2.24) is 20.5 Å². The van der Waals surface area contributed by atoms with E-state index >= 15 is 0 Å². The molecule has 0 radical (unpaired) electrons. The Morgan fingerprint density at radius 2 is 2.29 bits per heavy atom. The van der Waals surface area contributed by atoms with Crippen LogP contribution in [0.4, 0.5) is 4.39 Å². The Balaban J connectivity index is 1.93. The summed E-state index contributed by atoms with van der Waals surface area (Å²) in [5, 5.41) is 9.83. The Hall–Kier alpha value is -1.80. The molecule has 0 saturated heterocycles. The molecule has 2 atom stereocenters. The molecule has 2 unspecified atom stereocenters. The van der Waals surface area contributed by atoms with Gasteiger partial charge in [-0.05, 0) is 37.1 Å². The maximum Gasteiger partial charge on any atom is 0.178 e. The molecule has 1 aromatic heterocycles. The number of aromatic nitrogens is 3. The second kappa shape index (κ2) is 5.19.